The molecule has 6 nitrogen and oxygen atoms in total. The van der Waals surface area contributed by atoms with Crippen LogP contribution >= 0.6 is 12.4 Å². The van der Waals surface area contributed by atoms with Crippen LogP contribution in [0.15, 0.2) is 39.7 Å². The molecule has 0 bridgehead atoms. The molecule has 1 saturated heterocycles. The molecular formula is C15H18ClN3O3. The van der Waals surface area contributed by atoms with Crippen molar-refractivity contribution >= 4 is 18.3 Å². The fourth-order valence-corrected chi connectivity index (χ4v) is 2.50. The molecule has 1 fully saturated rings. The number of carbonyl (C=O) groups is 1. The standard InChI is InChI=1S/C15H17N3O3.ClH/c1-10-9-18(7-6-16-10)15(20)11-4-5-12(17-14(11)19)13-3-2-8-21-13;/h2-5,8,10,16H,6-7,9H2,1H3,(H,17,19);1H. The van der Waals surface area contributed by atoms with Crippen molar-refractivity contribution in [2.75, 3.05) is 19.6 Å². The summed E-state index contributed by atoms with van der Waals surface area (Å²) in [6.07, 6.45) is 1.54. The molecule has 0 aliphatic carbocycles. The lowest BCUT2D eigenvalue weighted by molar-refractivity contribution is 0.0707. The van der Waals surface area contributed by atoms with Gasteiger partial charge in [0.15, 0.2) is 0 Å². The van der Waals surface area contributed by atoms with Gasteiger partial charge in [-0.05, 0) is 31.2 Å². The second-order valence-electron chi connectivity index (χ2n) is 5.20. The topological polar surface area (TPSA) is 78.3 Å². The summed E-state index contributed by atoms with van der Waals surface area (Å²) in [6.45, 7) is 3.99. The molecule has 1 aliphatic heterocycles. The number of halogens is 1. The van der Waals surface area contributed by atoms with E-state index in [-0.39, 0.29) is 35.5 Å². The number of nitrogens with zero attached hydrogens (tertiary/aromatic N) is 1. The minimum Gasteiger partial charge on any atom is -0.463 e. The lowest BCUT2D eigenvalue weighted by atomic mass is 10.1. The Morgan fingerprint density at radius 2 is 2.18 bits per heavy atom. The summed E-state index contributed by atoms with van der Waals surface area (Å²) in [6, 6.07) is 6.99. The van der Waals surface area contributed by atoms with Crippen LogP contribution < -0.4 is 10.9 Å². The van der Waals surface area contributed by atoms with Crippen LogP contribution in [-0.2, 0) is 0 Å². The Balaban J connectivity index is 0.00000176. The average Bonchev–Trinajstić information content (AvgIpc) is 3.00. The van der Waals surface area contributed by atoms with Crippen LogP contribution in [0.2, 0.25) is 0 Å². The first kappa shape index (κ1) is 16.3. The molecule has 2 N–H and O–H groups in total. The van der Waals surface area contributed by atoms with Gasteiger partial charge in [-0.1, -0.05) is 0 Å². The van der Waals surface area contributed by atoms with E-state index in [0.29, 0.717) is 24.5 Å². The quantitative estimate of drug-likeness (QED) is 0.877. The maximum Gasteiger partial charge on any atom is 0.261 e. The molecule has 2 aromatic heterocycles. The zero-order valence-electron chi connectivity index (χ0n) is 12.2. The smallest absolute Gasteiger partial charge is 0.261 e. The van der Waals surface area contributed by atoms with Gasteiger partial charge in [0, 0.05) is 25.7 Å². The van der Waals surface area contributed by atoms with E-state index in [1.165, 1.54) is 6.26 Å². The molecule has 3 heterocycles. The highest BCUT2D eigenvalue weighted by Crippen LogP contribution is 2.16. The van der Waals surface area contributed by atoms with Crippen LogP contribution in [0.25, 0.3) is 11.5 Å². The number of hydrogen-bond donors (Lipinski definition) is 2. The molecule has 2 aromatic rings. The van der Waals surface area contributed by atoms with Gasteiger partial charge in [0.25, 0.3) is 11.5 Å². The van der Waals surface area contributed by atoms with Crippen LogP contribution in [0.1, 0.15) is 17.3 Å². The maximum atomic E-state index is 12.4. The third-order valence-corrected chi connectivity index (χ3v) is 3.58. The third kappa shape index (κ3) is 3.23. The average molecular weight is 324 g/mol. The van der Waals surface area contributed by atoms with Gasteiger partial charge in [-0.15, -0.1) is 12.4 Å². The third-order valence-electron chi connectivity index (χ3n) is 3.58. The van der Waals surface area contributed by atoms with Crippen molar-refractivity contribution in [1.82, 2.24) is 15.2 Å². The zero-order chi connectivity index (χ0) is 14.8. The predicted molar refractivity (Wildman–Crippen MR) is 85.4 cm³/mol. The minimum absolute atomic E-state index is 0. The van der Waals surface area contributed by atoms with Crippen LogP contribution in [0.5, 0.6) is 0 Å². The van der Waals surface area contributed by atoms with Crippen LogP contribution in [-0.4, -0.2) is 41.5 Å². The molecule has 1 aliphatic rings. The van der Waals surface area contributed by atoms with Crippen LogP contribution in [0.3, 0.4) is 0 Å². The highest BCUT2D eigenvalue weighted by molar-refractivity contribution is 5.94. The predicted octanol–water partition coefficient (Wildman–Crippen LogP) is 1.49. The number of aromatic nitrogens is 1. The second kappa shape index (κ2) is 6.81. The molecule has 7 heteroatoms. The van der Waals surface area contributed by atoms with E-state index in [4.69, 9.17) is 4.42 Å². The first-order valence-electron chi connectivity index (χ1n) is 6.95. The van der Waals surface area contributed by atoms with E-state index >= 15 is 0 Å². The van der Waals surface area contributed by atoms with Gasteiger partial charge < -0.3 is 19.6 Å². The molecule has 0 radical (unpaired) electrons. The lowest BCUT2D eigenvalue weighted by Gasteiger charge is -2.31. The highest BCUT2D eigenvalue weighted by Gasteiger charge is 2.23. The van der Waals surface area contributed by atoms with Crippen molar-refractivity contribution in [3.05, 3.63) is 46.4 Å². The van der Waals surface area contributed by atoms with E-state index in [2.05, 4.69) is 10.3 Å². The maximum absolute atomic E-state index is 12.4. The van der Waals surface area contributed by atoms with E-state index in [9.17, 15) is 9.59 Å². The fourth-order valence-electron chi connectivity index (χ4n) is 2.50. The first-order chi connectivity index (χ1) is 10.1. The van der Waals surface area contributed by atoms with Gasteiger partial charge in [0.2, 0.25) is 0 Å². The van der Waals surface area contributed by atoms with Crippen molar-refractivity contribution in [2.24, 2.45) is 0 Å². The number of rotatable bonds is 2. The van der Waals surface area contributed by atoms with Crippen LogP contribution in [0.4, 0.5) is 0 Å². The number of piperazine rings is 1. The van der Waals surface area contributed by atoms with Gasteiger partial charge in [0.05, 0.1) is 12.0 Å². The summed E-state index contributed by atoms with van der Waals surface area (Å²) in [5, 5.41) is 3.27. The summed E-state index contributed by atoms with van der Waals surface area (Å²) in [5.74, 6) is 0.345. The number of hydrogen-bond acceptors (Lipinski definition) is 4. The van der Waals surface area contributed by atoms with Crippen molar-refractivity contribution < 1.29 is 9.21 Å². The van der Waals surface area contributed by atoms with Crippen molar-refractivity contribution in [2.45, 2.75) is 13.0 Å². The summed E-state index contributed by atoms with van der Waals surface area (Å²) < 4.78 is 5.23. The van der Waals surface area contributed by atoms with E-state index in [1.807, 2.05) is 6.92 Å². The Kier molecular flexibility index (Phi) is 5.05. The monoisotopic (exact) mass is 323 g/mol. The molecule has 22 heavy (non-hydrogen) atoms. The SMILES string of the molecule is CC1CN(C(=O)c2ccc(-c3ccco3)[nH]c2=O)CCN1.Cl. The van der Waals surface area contributed by atoms with Gasteiger partial charge >= 0.3 is 0 Å². The number of nitrogens with one attached hydrogen (secondary N) is 2. The van der Waals surface area contributed by atoms with Crippen molar-refractivity contribution in [3.8, 4) is 11.5 Å². The van der Waals surface area contributed by atoms with E-state index in [1.54, 1.807) is 29.2 Å². The Bertz CT molecular complexity index is 696. The van der Waals surface area contributed by atoms with Gasteiger partial charge in [-0.25, -0.2) is 0 Å². The molecule has 118 valence electrons. The summed E-state index contributed by atoms with van der Waals surface area (Å²) in [5.41, 5.74) is 0.342. The number of amides is 1. The Labute approximate surface area is 133 Å². The van der Waals surface area contributed by atoms with Crippen molar-refractivity contribution in [1.29, 1.82) is 0 Å². The summed E-state index contributed by atoms with van der Waals surface area (Å²) >= 11 is 0. The molecule has 0 aromatic carbocycles. The number of H-pyrrole nitrogens is 1. The lowest BCUT2D eigenvalue weighted by Crippen LogP contribution is -2.52. The molecule has 1 unspecified atom stereocenters. The number of aromatic amines is 1. The molecule has 0 saturated carbocycles. The highest BCUT2D eigenvalue weighted by atomic mass is 35.5. The molecular weight excluding hydrogens is 306 g/mol. The summed E-state index contributed by atoms with van der Waals surface area (Å²) in [7, 11) is 0. The van der Waals surface area contributed by atoms with E-state index in [0.717, 1.165) is 6.54 Å². The Morgan fingerprint density at radius 3 is 2.82 bits per heavy atom. The van der Waals surface area contributed by atoms with Crippen LogP contribution in [0, 0.1) is 0 Å². The molecule has 0 spiro atoms. The van der Waals surface area contributed by atoms with Gasteiger partial charge in [-0.3, -0.25) is 9.59 Å². The normalized spacial score (nSPS) is 17.9. The summed E-state index contributed by atoms with van der Waals surface area (Å²) in [4.78, 5) is 29.0. The fraction of sp³-hybridized carbons (Fsp3) is 0.333. The van der Waals surface area contributed by atoms with Crippen molar-refractivity contribution in [3.63, 3.8) is 0 Å². The van der Waals surface area contributed by atoms with E-state index < -0.39 is 0 Å². The molecule has 3 rings (SSSR count). The Morgan fingerprint density at radius 1 is 1.36 bits per heavy atom. The molecule has 1 atom stereocenters. The largest absolute Gasteiger partial charge is 0.463 e. The van der Waals surface area contributed by atoms with Gasteiger partial charge in [0.1, 0.15) is 11.3 Å². The zero-order valence-corrected chi connectivity index (χ0v) is 13.0. The number of furan rings is 1. The Hall–Kier alpha value is -2.05. The number of carbonyl (C=O) groups excluding carboxylic acids is 1. The minimum atomic E-state index is -0.389. The molecule has 1 amide bonds. The first-order valence-corrected chi connectivity index (χ1v) is 6.95. The second-order valence-corrected chi connectivity index (χ2v) is 5.20. The van der Waals surface area contributed by atoms with Gasteiger partial charge in [-0.2, -0.15) is 0 Å². The number of pyridine rings is 1.